The van der Waals surface area contributed by atoms with Gasteiger partial charge in [0.05, 0.1) is 12.7 Å². The lowest BCUT2D eigenvalue weighted by atomic mass is 9.83. The Balaban J connectivity index is 2.89. The molecule has 0 aromatic rings. The van der Waals surface area contributed by atoms with Gasteiger partial charge < -0.3 is 15.1 Å². The molecule has 1 aliphatic rings. The number of carbonyl (C=O) groups excluding carboxylic acids is 1. The molecule has 2 N–H and O–H groups in total. The molecule has 1 amide bonds. The van der Waals surface area contributed by atoms with Crippen LogP contribution in [-0.2, 0) is 4.79 Å². The highest BCUT2D eigenvalue weighted by Crippen LogP contribution is 2.44. The van der Waals surface area contributed by atoms with Crippen LogP contribution in [0.25, 0.3) is 0 Å². The number of hydrogen-bond acceptors (Lipinski definition) is 3. The molecule has 0 aliphatic heterocycles. The summed E-state index contributed by atoms with van der Waals surface area (Å²) < 4.78 is 0. The van der Waals surface area contributed by atoms with Gasteiger partial charge >= 0.3 is 0 Å². The highest BCUT2D eigenvalue weighted by molar-refractivity contribution is 5.88. The zero-order chi connectivity index (χ0) is 16.0. The Kier molecular flexibility index (Phi) is 6.37. The number of likely N-dealkylation sites (N-methyl/N-ethyl adjacent to an activating group) is 1. The zero-order valence-corrected chi connectivity index (χ0v) is 13.5. The van der Waals surface area contributed by atoms with Crippen molar-refractivity contribution in [1.29, 1.82) is 0 Å². The number of allylic oxidation sites excluding steroid dienone is 3. The Morgan fingerprint density at radius 2 is 2.14 bits per heavy atom. The van der Waals surface area contributed by atoms with Crippen LogP contribution in [0.1, 0.15) is 33.1 Å². The number of hydrogen-bond donors (Lipinski definition) is 2. The molecule has 1 rings (SSSR count). The molecule has 118 valence electrons. The predicted molar refractivity (Wildman–Crippen MR) is 84.7 cm³/mol. The Bertz CT molecular complexity index is 463. The summed E-state index contributed by atoms with van der Waals surface area (Å²) in [5.41, 5.74) is 1.62. The minimum absolute atomic E-state index is 0.0537. The van der Waals surface area contributed by atoms with Crippen LogP contribution >= 0.6 is 0 Å². The molecule has 0 radical (unpaired) electrons. The van der Waals surface area contributed by atoms with Crippen molar-refractivity contribution in [2.75, 3.05) is 20.7 Å². The second-order valence-electron chi connectivity index (χ2n) is 6.14. The van der Waals surface area contributed by atoms with E-state index in [1.54, 1.807) is 26.2 Å². The number of nitrogens with zero attached hydrogens (tertiary/aromatic N) is 1. The highest BCUT2D eigenvalue weighted by atomic mass is 16.3. The van der Waals surface area contributed by atoms with Gasteiger partial charge in [-0.1, -0.05) is 30.7 Å². The van der Waals surface area contributed by atoms with Gasteiger partial charge in [0.1, 0.15) is 0 Å². The topological polar surface area (TPSA) is 60.8 Å². The van der Waals surface area contributed by atoms with Crippen LogP contribution < -0.4 is 0 Å². The van der Waals surface area contributed by atoms with Gasteiger partial charge in [0, 0.05) is 25.6 Å². The third-order valence-corrected chi connectivity index (χ3v) is 4.04. The predicted octanol–water partition coefficient (Wildman–Crippen LogP) is 2.05. The van der Waals surface area contributed by atoms with Crippen LogP contribution in [0.3, 0.4) is 0 Å². The van der Waals surface area contributed by atoms with Gasteiger partial charge in [-0.15, -0.1) is 0 Å². The molecule has 0 unspecified atom stereocenters. The molecule has 2 atom stereocenters. The van der Waals surface area contributed by atoms with Crippen molar-refractivity contribution < 1.29 is 15.0 Å². The molecular formula is C17H27NO3. The maximum absolute atomic E-state index is 11.9. The molecule has 1 saturated carbocycles. The van der Waals surface area contributed by atoms with E-state index in [1.165, 1.54) is 4.90 Å². The molecule has 0 spiro atoms. The van der Waals surface area contributed by atoms with Gasteiger partial charge in [0.2, 0.25) is 5.91 Å². The zero-order valence-electron chi connectivity index (χ0n) is 13.5. The third-order valence-electron chi connectivity index (χ3n) is 4.04. The average Bonchev–Trinajstić information content (AvgIpc) is 2.67. The number of rotatable bonds is 5. The van der Waals surface area contributed by atoms with Crippen LogP contribution in [-0.4, -0.2) is 47.8 Å². The van der Waals surface area contributed by atoms with Gasteiger partial charge in [-0.3, -0.25) is 4.79 Å². The van der Waals surface area contributed by atoms with E-state index in [0.29, 0.717) is 6.42 Å². The summed E-state index contributed by atoms with van der Waals surface area (Å²) in [6, 6.07) is 0. The Labute approximate surface area is 127 Å². The molecule has 0 saturated heterocycles. The first kappa shape index (κ1) is 17.7. The molecule has 0 heterocycles. The van der Waals surface area contributed by atoms with Gasteiger partial charge in [-0.05, 0) is 31.8 Å². The van der Waals surface area contributed by atoms with Crippen LogP contribution in [0.5, 0.6) is 0 Å². The molecule has 0 aromatic carbocycles. The van der Waals surface area contributed by atoms with Gasteiger partial charge in [0.25, 0.3) is 0 Å². The smallest absolute Gasteiger partial charge is 0.246 e. The molecule has 1 aliphatic carbocycles. The van der Waals surface area contributed by atoms with Crippen LogP contribution in [0.2, 0.25) is 0 Å². The first-order chi connectivity index (χ1) is 9.80. The van der Waals surface area contributed by atoms with E-state index in [9.17, 15) is 9.90 Å². The lowest BCUT2D eigenvalue weighted by Gasteiger charge is -2.23. The van der Waals surface area contributed by atoms with Crippen LogP contribution in [0.15, 0.2) is 35.5 Å². The number of amides is 1. The van der Waals surface area contributed by atoms with E-state index in [1.807, 2.05) is 13.0 Å². The average molecular weight is 293 g/mol. The number of aliphatic hydroxyl groups excluding tert-OH is 2. The molecule has 1 fully saturated rings. The van der Waals surface area contributed by atoms with E-state index in [-0.39, 0.29) is 17.9 Å². The second kappa shape index (κ2) is 7.57. The van der Waals surface area contributed by atoms with Gasteiger partial charge in [-0.25, -0.2) is 0 Å². The van der Waals surface area contributed by atoms with E-state index in [4.69, 9.17) is 5.11 Å². The summed E-state index contributed by atoms with van der Waals surface area (Å²) in [4.78, 5) is 13.4. The van der Waals surface area contributed by atoms with Crippen molar-refractivity contribution >= 4 is 5.91 Å². The molecule has 4 heteroatoms. The lowest BCUT2D eigenvalue weighted by Crippen LogP contribution is -2.23. The van der Waals surface area contributed by atoms with Crippen molar-refractivity contribution in [2.45, 2.75) is 39.2 Å². The van der Waals surface area contributed by atoms with E-state index < -0.39 is 6.10 Å². The van der Waals surface area contributed by atoms with Crippen molar-refractivity contribution in [2.24, 2.45) is 5.41 Å². The summed E-state index contributed by atoms with van der Waals surface area (Å²) in [5, 5.41) is 19.0. The molecule has 21 heavy (non-hydrogen) atoms. The third kappa shape index (κ3) is 4.83. The van der Waals surface area contributed by atoms with Crippen molar-refractivity contribution in [3.63, 3.8) is 0 Å². The maximum Gasteiger partial charge on any atom is 0.246 e. The first-order valence-electron chi connectivity index (χ1n) is 7.36. The summed E-state index contributed by atoms with van der Waals surface area (Å²) in [6.07, 6.45) is 9.21. The Hall–Kier alpha value is -1.39. The van der Waals surface area contributed by atoms with E-state index in [2.05, 4.69) is 13.0 Å². The lowest BCUT2D eigenvalue weighted by molar-refractivity contribution is -0.123. The second-order valence-corrected chi connectivity index (χ2v) is 6.14. The minimum atomic E-state index is -0.544. The van der Waals surface area contributed by atoms with Crippen LogP contribution in [0.4, 0.5) is 0 Å². The first-order valence-corrected chi connectivity index (χ1v) is 7.36. The summed E-state index contributed by atoms with van der Waals surface area (Å²) in [7, 11) is 3.41. The number of aliphatic hydroxyl groups is 2. The number of carbonyl (C=O) groups is 1. The minimum Gasteiger partial charge on any atom is -0.392 e. The van der Waals surface area contributed by atoms with E-state index >= 15 is 0 Å². The van der Waals surface area contributed by atoms with Gasteiger partial charge in [0.15, 0.2) is 0 Å². The standard InChI is InChI=1S/C17H27NO3/c1-13(8-11-19)6-5-9-17(2)10-7-15(20)14(17)12-16(21)18(3)4/h5,8-9,12,15,19-20H,6-7,10-11H2,1-4H3/b9-5+,13-8+,14-12+/t15-,17+/m0/s1. The SMILES string of the molecule is C/C(=C\CO)C/C=C/[C@]1(C)CC[C@H](O)/C1=C\C(=O)N(C)C. The summed E-state index contributed by atoms with van der Waals surface area (Å²) >= 11 is 0. The van der Waals surface area contributed by atoms with Crippen LogP contribution in [0, 0.1) is 5.41 Å². The fraction of sp³-hybridized carbons (Fsp3) is 0.588. The molecule has 0 aromatic heterocycles. The van der Waals surface area contributed by atoms with Gasteiger partial charge in [-0.2, -0.15) is 0 Å². The molecule has 4 nitrogen and oxygen atoms in total. The molecular weight excluding hydrogens is 266 g/mol. The fourth-order valence-corrected chi connectivity index (χ4v) is 2.56. The summed E-state index contributed by atoms with van der Waals surface area (Å²) in [6.45, 7) is 4.08. The Morgan fingerprint density at radius 1 is 1.48 bits per heavy atom. The molecule has 0 bridgehead atoms. The summed E-state index contributed by atoms with van der Waals surface area (Å²) in [5.74, 6) is -0.0954. The van der Waals surface area contributed by atoms with E-state index in [0.717, 1.165) is 24.0 Å². The highest BCUT2D eigenvalue weighted by Gasteiger charge is 2.37. The quantitative estimate of drug-likeness (QED) is 0.602. The fourth-order valence-electron chi connectivity index (χ4n) is 2.56. The Morgan fingerprint density at radius 3 is 2.71 bits per heavy atom. The van der Waals surface area contributed by atoms with Crippen molar-refractivity contribution in [3.8, 4) is 0 Å². The maximum atomic E-state index is 11.9. The van der Waals surface area contributed by atoms with Crippen molar-refractivity contribution in [3.05, 3.63) is 35.5 Å². The monoisotopic (exact) mass is 293 g/mol. The normalized spacial score (nSPS) is 28.6. The largest absolute Gasteiger partial charge is 0.392 e. The van der Waals surface area contributed by atoms with Crippen molar-refractivity contribution in [1.82, 2.24) is 4.90 Å².